The summed E-state index contributed by atoms with van der Waals surface area (Å²) in [6.45, 7) is 1.76. The lowest BCUT2D eigenvalue weighted by atomic mass is 10.1. The molecule has 2 N–H and O–H groups in total. The fraction of sp³-hybridized carbons (Fsp3) is 0.0714. The van der Waals surface area contributed by atoms with Crippen molar-refractivity contribution in [2.24, 2.45) is 0 Å². The zero-order chi connectivity index (χ0) is 13.4. The second-order valence-electron chi connectivity index (χ2n) is 4.27. The summed E-state index contributed by atoms with van der Waals surface area (Å²) >= 11 is 0. The number of aromatic carboxylic acids is 1. The van der Waals surface area contributed by atoms with Gasteiger partial charge in [-0.1, -0.05) is 18.2 Å². The van der Waals surface area contributed by atoms with Crippen molar-refractivity contribution < 1.29 is 9.90 Å². The zero-order valence-electron chi connectivity index (χ0n) is 10.2. The number of benzene rings is 1. The van der Waals surface area contributed by atoms with Crippen LogP contribution in [0.5, 0.6) is 0 Å². The monoisotopic (exact) mass is 253 g/mol. The van der Waals surface area contributed by atoms with Crippen molar-refractivity contribution in [2.75, 3.05) is 0 Å². The Hall–Kier alpha value is -2.69. The Labute approximate surface area is 109 Å². The zero-order valence-corrected chi connectivity index (χ0v) is 10.2. The summed E-state index contributed by atoms with van der Waals surface area (Å²) in [5.41, 5.74) is 3.12. The lowest BCUT2D eigenvalue weighted by Crippen LogP contribution is -2.06. The Kier molecular flexibility index (Phi) is 2.52. The highest BCUT2D eigenvalue weighted by Crippen LogP contribution is 2.27. The molecule has 0 fully saturated rings. The minimum absolute atomic E-state index is 0.180. The number of carboxylic acids is 1. The first-order chi connectivity index (χ1) is 9.15. The first-order valence-corrected chi connectivity index (χ1v) is 5.80. The third kappa shape index (κ3) is 1.95. The number of fused-ring (bicyclic) bond motifs is 1. The highest BCUT2D eigenvalue weighted by molar-refractivity contribution is 5.95. The fourth-order valence-electron chi connectivity index (χ4n) is 2.09. The third-order valence-electron chi connectivity index (χ3n) is 2.91. The van der Waals surface area contributed by atoms with Crippen molar-refractivity contribution in [3.8, 4) is 11.3 Å². The largest absolute Gasteiger partial charge is 0.475 e. The predicted molar refractivity (Wildman–Crippen MR) is 71.0 cm³/mol. The molecule has 2 aromatic heterocycles. The molecular formula is C14H11N3O2. The van der Waals surface area contributed by atoms with E-state index in [4.69, 9.17) is 5.11 Å². The van der Waals surface area contributed by atoms with Crippen molar-refractivity contribution in [3.63, 3.8) is 0 Å². The van der Waals surface area contributed by atoms with Crippen LogP contribution in [0.15, 0.2) is 36.5 Å². The molecule has 0 aliphatic heterocycles. The number of carbonyl (C=O) groups is 1. The molecule has 0 saturated heterocycles. The molecule has 0 radical (unpaired) electrons. The van der Waals surface area contributed by atoms with Gasteiger partial charge in [-0.05, 0) is 19.1 Å². The molecule has 19 heavy (non-hydrogen) atoms. The molecule has 3 aromatic rings. The van der Waals surface area contributed by atoms with Gasteiger partial charge in [0, 0.05) is 28.4 Å². The van der Waals surface area contributed by atoms with Gasteiger partial charge < -0.3 is 10.1 Å². The van der Waals surface area contributed by atoms with Crippen molar-refractivity contribution in [1.82, 2.24) is 15.0 Å². The maximum Gasteiger partial charge on any atom is 0.373 e. The number of aromatic amines is 1. The Morgan fingerprint density at radius 1 is 1.26 bits per heavy atom. The smallest absolute Gasteiger partial charge is 0.373 e. The number of H-pyrrole nitrogens is 1. The van der Waals surface area contributed by atoms with E-state index in [1.807, 2.05) is 30.5 Å². The van der Waals surface area contributed by atoms with Crippen LogP contribution in [0.3, 0.4) is 0 Å². The average molecular weight is 253 g/mol. The number of aromatic nitrogens is 3. The van der Waals surface area contributed by atoms with Gasteiger partial charge >= 0.3 is 5.97 Å². The summed E-state index contributed by atoms with van der Waals surface area (Å²) in [5, 5.41) is 10.0. The van der Waals surface area contributed by atoms with Crippen LogP contribution >= 0.6 is 0 Å². The number of aryl methyl sites for hydroxylation is 1. The van der Waals surface area contributed by atoms with Gasteiger partial charge in [0.2, 0.25) is 5.82 Å². The minimum Gasteiger partial charge on any atom is -0.475 e. The van der Waals surface area contributed by atoms with Crippen LogP contribution in [-0.4, -0.2) is 26.0 Å². The molecule has 0 saturated carbocycles. The molecule has 0 aliphatic carbocycles. The highest BCUT2D eigenvalue weighted by Gasteiger charge is 2.13. The van der Waals surface area contributed by atoms with Gasteiger partial charge in [-0.15, -0.1) is 0 Å². The Morgan fingerprint density at radius 3 is 2.84 bits per heavy atom. The molecular weight excluding hydrogens is 242 g/mol. The topological polar surface area (TPSA) is 78.9 Å². The molecule has 0 atom stereocenters. The number of nitrogens with zero attached hydrogens (tertiary/aromatic N) is 2. The van der Waals surface area contributed by atoms with E-state index < -0.39 is 5.97 Å². The molecule has 5 heteroatoms. The molecule has 1 aromatic carbocycles. The fourth-order valence-corrected chi connectivity index (χ4v) is 2.09. The van der Waals surface area contributed by atoms with E-state index in [1.54, 1.807) is 13.0 Å². The average Bonchev–Trinajstić information content (AvgIpc) is 2.81. The molecule has 0 aliphatic rings. The van der Waals surface area contributed by atoms with Gasteiger partial charge in [0.1, 0.15) is 0 Å². The van der Waals surface area contributed by atoms with E-state index in [2.05, 4.69) is 15.0 Å². The van der Waals surface area contributed by atoms with Gasteiger partial charge in [-0.3, -0.25) is 0 Å². The summed E-state index contributed by atoms with van der Waals surface area (Å²) in [6, 6.07) is 9.59. The highest BCUT2D eigenvalue weighted by atomic mass is 16.4. The maximum absolute atomic E-state index is 11.0. The lowest BCUT2D eigenvalue weighted by Gasteiger charge is -2.02. The number of para-hydroxylation sites is 1. The van der Waals surface area contributed by atoms with E-state index in [0.29, 0.717) is 11.4 Å². The first kappa shape index (κ1) is 11.4. The van der Waals surface area contributed by atoms with Crippen LogP contribution in [0.2, 0.25) is 0 Å². The summed E-state index contributed by atoms with van der Waals surface area (Å²) in [6.07, 6.45) is 1.83. The Balaban J connectivity index is 2.24. The van der Waals surface area contributed by atoms with Crippen molar-refractivity contribution in [3.05, 3.63) is 48.0 Å². The standard InChI is InChI=1S/C14H11N3O2/c1-8-6-12(17-13(16-8)14(18)19)10-7-15-11-5-3-2-4-9(10)11/h2-7,15H,1H3,(H,18,19). The van der Waals surface area contributed by atoms with Crippen molar-refractivity contribution in [2.45, 2.75) is 6.92 Å². The van der Waals surface area contributed by atoms with E-state index in [0.717, 1.165) is 16.5 Å². The van der Waals surface area contributed by atoms with Crippen LogP contribution in [0.1, 0.15) is 16.3 Å². The molecule has 0 spiro atoms. The van der Waals surface area contributed by atoms with Crippen molar-refractivity contribution in [1.29, 1.82) is 0 Å². The van der Waals surface area contributed by atoms with Crippen molar-refractivity contribution >= 4 is 16.9 Å². The molecule has 94 valence electrons. The number of nitrogens with one attached hydrogen (secondary N) is 1. The molecule has 5 nitrogen and oxygen atoms in total. The van der Waals surface area contributed by atoms with Crippen LogP contribution < -0.4 is 0 Å². The summed E-state index contributed by atoms with van der Waals surface area (Å²) in [7, 11) is 0. The number of hydrogen-bond donors (Lipinski definition) is 2. The van der Waals surface area contributed by atoms with Crippen LogP contribution in [0.25, 0.3) is 22.2 Å². The SMILES string of the molecule is Cc1cc(-c2c[nH]c3ccccc23)nc(C(=O)O)n1. The molecule has 2 heterocycles. The molecule has 0 amide bonds. The second-order valence-corrected chi connectivity index (χ2v) is 4.27. The molecule has 3 rings (SSSR count). The van der Waals surface area contributed by atoms with E-state index >= 15 is 0 Å². The predicted octanol–water partition coefficient (Wildman–Crippen LogP) is 2.63. The maximum atomic E-state index is 11.0. The van der Waals surface area contributed by atoms with Gasteiger partial charge in [-0.25, -0.2) is 14.8 Å². The second kappa shape index (κ2) is 4.20. The van der Waals surface area contributed by atoms with E-state index in [1.165, 1.54) is 0 Å². The lowest BCUT2D eigenvalue weighted by molar-refractivity contribution is 0.0683. The van der Waals surface area contributed by atoms with Gasteiger partial charge in [0.15, 0.2) is 0 Å². The minimum atomic E-state index is -1.12. The number of rotatable bonds is 2. The van der Waals surface area contributed by atoms with E-state index in [9.17, 15) is 4.79 Å². The van der Waals surface area contributed by atoms with Crippen LogP contribution in [0, 0.1) is 6.92 Å². The summed E-state index contributed by atoms with van der Waals surface area (Å²) in [4.78, 5) is 22.2. The quantitative estimate of drug-likeness (QED) is 0.735. The summed E-state index contributed by atoms with van der Waals surface area (Å²) in [5.74, 6) is -1.30. The number of hydrogen-bond acceptors (Lipinski definition) is 3. The number of carboxylic acid groups (broad SMARTS) is 1. The van der Waals surface area contributed by atoms with Crippen LogP contribution in [0.4, 0.5) is 0 Å². The summed E-state index contributed by atoms with van der Waals surface area (Å²) < 4.78 is 0. The normalized spacial score (nSPS) is 10.8. The van der Waals surface area contributed by atoms with Gasteiger partial charge in [0.25, 0.3) is 0 Å². The van der Waals surface area contributed by atoms with E-state index in [-0.39, 0.29) is 5.82 Å². The van der Waals surface area contributed by atoms with Gasteiger partial charge in [0.05, 0.1) is 5.69 Å². The van der Waals surface area contributed by atoms with Gasteiger partial charge in [-0.2, -0.15) is 0 Å². The third-order valence-corrected chi connectivity index (χ3v) is 2.91. The Bertz CT molecular complexity index is 777. The molecule has 0 unspecified atom stereocenters. The van der Waals surface area contributed by atoms with Crippen LogP contribution in [-0.2, 0) is 0 Å². The molecule has 0 bridgehead atoms. The Morgan fingerprint density at radius 2 is 2.05 bits per heavy atom. The first-order valence-electron chi connectivity index (χ1n) is 5.80.